The van der Waals surface area contributed by atoms with Gasteiger partial charge in [-0.1, -0.05) is 32.9 Å². The molecule has 2 rings (SSSR count). The largest absolute Gasteiger partial charge is 0.372 e. The third kappa shape index (κ3) is 4.55. The molecule has 0 bridgehead atoms. The van der Waals surface area contributed by atoms with E-state index in [0.29, 0.717) is 13.0 Å². The Kier molecular flexibility index (Phi) is 4.69. The van der Waals surface area contributed by atoms with Crippen molar-refractivity contribution in [2.75, 3.05) is 18.0 Å². The lowest BCUT2D eigenvalue weighted by Gasteiger charge is -2.18. The molecule has 0 saturated carbocycles. The molecule has 3 nitrogen and oxygen atoms in total. The van der Waals surface area contributed by atoms with Crippen LogP contribution in [0.1, 0.15) is 45.6 Å². The molecule has 1 aliphatic heterocycles. The van der Waals surface area contributed by atoms with Crippen LogP contribution < -0.4 is 10.2 Å². The Morgan fingerprint density at radius 2 is 1.75 bits per heavy atom. The zero-order chi connectivity index (χ0) is 14.6. The van der Waals surface area contributed by atoms with Crippen molar-refractivity contribution in [2.45, 2.75) is 46.6 Å². The maximum Gasteiger partial charge on any atom is 0.220 e. The lowest BCUT2D eigenvalue weighted by atomic mass is 9.92. The van der Waals surface area contributed by atoms with Gasteiger partial charge in [0, 0.05) is 31.7 Å². The van der Waals surface area contributed by atoms with Crippen LogP contribution in [0.15, 0.2) is 24.3 Å². The smallest absolute Gasteiger partial charge is 0.220 e. The van der Waals surface area contributed by atoms with Crippen molar-refractivity contribution in [1.82, 2.24) is 5.32 Å². The lowest BCUT2D eigenvalue weighted by Crippen LogP contribution is -2.27. The Hall–Kier alpha value is -1.51. The first-order chi connectivity index (χ1) is 9.44. The van der Waals surface area contributed by atoms with Crippen LogP contribution in [0.2, 0.25) is 0 Å². The van der Waals surface area contributed by atoms with Crippen LogP contribution in [0.3, 0.4) is 0 Å². The first-order valence-corrected chi connectivity index (χ1v) is 7.55. The predicted octanol–water partition coefficient (Wildman–Crippen LogP) is 3.34. The van der Waals surface area contributed by atoms with Gasteiger partial charge in [0.2, 0.25) is 5.91 Å². The van der Waals surface area contributed by atoms with Gasteiger partial charge < -0.3 is 10.2 Å². The Balaban J connectivity index is 1.83. The molecule has 1 aliphatic rings. The summed E-state index contributed by atoms with van der Waals surface area (Å²) >= 11 is 0. The summed E-state index contributed by atoms with van der Waals surface area (Å²) in [7, 11) is 0. The van der Waals surface area contributed by atoms with E-state index >= 15 is 0 Å². The molecule has 1 N–H and O–H groups in total. The Bertz CT molecular complexity index is 439. The second-order valence-corrected chi connectivity index (χ2v) is 6.87. The van der Waals surface area contributed by atoms with Gasteiger partial charge in [0.25, 0.3) is 0 Å². The highest BCUT2D eigenvalue weighted by Crippen LogP contribution is 2.21. The van der Waals surface area contributed by atoms with E-state index in [2.05, 4.69) is 55.3 Å². The molecule has 0 atom stereocenters. The minimum absolute atomic E-state index is 0.0453. The summed E-state index contributed by atoms with van der Waals surface area (Å²) in [6, 6.07) is 8.56. The van der Waals surface area contributed by atoms with Gasteiger partial charge in [-0.3, -0.25) is 4.79 Å². The molecule has 0 radical (unpaired) electrons. The van der Waals surface area contributed by atoms with Crippen LogP contribution in [0.4, 0.5) is 5.69 Å². The molecule has 1 saturated heterocycles. The zero-order valence-electron chi connectivity index (χ0n) is 12.9. The lowest BCUT2D eigenvalue weighted by molar-refractivity contribution is -0.122. The van der Waals surface area contributed by atoms with Crippen LogP contribution in [0.25, 0.3) is 0 Å². The van der Waals surface area contributed by atoms with E-state index in [-0.39, 0.29) is 11.3 Å². The Labute approximate surface area is 122 Å². The standard InChI is InChI=1S/C17H26N2O/c1-17(2,3)12-16(20)18-13-14-6-8-15(9-7-14)19-10-4-5-11-19/h6-9H,4-5,10-13H2,1-3H3,(H,18,20). The highest BCUT2D eigenvalue weighted by molar-refractivity contribution is 5.76. The number of nitrogens with one attached hydrogen (secondary N) is 1. The first-order valence-electron chi connectivity index (χ1n) is 7.55. The summed E-state index contributed by atoms with van der Waals surface area (Å²) in [5, 5.41) is 2.99. The van der Waals surface area contributed by atoms with Gasteiger partial charge in [0.05, 0.1) is 0 Å². The van der Waals surface area contributed by atoms with Crippen molar-refractivity contribution in [3.63, 3.8) is 0 Å². The Morgan fingerprint density at radius 1 is 1.15 bits per heavy atom. The SMILES string of the molecule is CC(C)(C)CC(=O)NCc1ccc(N2CCCC2)cc1. The van der Waals surface area contributed by atoms with Gasteiger partial charge in [-0.15, -0.1) is 0 Å². The third-order valence-corrected chi connectivity index (χ3v) is 3.59. The number of nitrogens with zero attached hydrogens (tertiary/aromatic N) is 1. The van der Waals surface area contributed by atoms with Gasteiger partial charge in [0.15, 0.2) is 0 Å². The van der Waals surface area contributed by atoms with E-state index in [1.165, 1.54) is 31.6 Å². The molecule has 1 aromatic rings. The summed E-state index contributed by atoms with van der Waals surface area (Å²) < 4.78 is 0. The maximum atomic E-state index is 11.8. The molecule has 1 aromatic carbocycles. The fourth-order valence-corrected chi connectivity index (χ4v) is 2.54. The number of hydrogen-bond acceptors (Lipinski definition) is 2. The molecule has 3 heteroatoms. The number of carbonyl (C=O) groups excluding carboxylic acids is 1. The fraction of sp³-hybridized carbons (Fsp3) is 0.588. The summed E-state index contributed by atoms with van der Waals surface area (Å²) in [5.74, 6) is 0.126. The van der Waals surface area contributed by atoms with Gasteiger partial charge in [-0.05, 0) is 36.0 Å². The Morgan fingerprint density at radius 3 is 2.30 bits per heavy atom. The number of anilines is 1. The monoisotopic (exact) mass is 274 g/mol. The predicted molar refractivity (Wildman–Crippen MR) is 83.8 cm³/mol. The van der Waals surface area contributed by atoms with Crippen LogP contribution >= 0.6 is 0 Å². The molecule has 0 unspecified atom stereocenters. The number of amides is 1. The molecular formula is C17H26N2O. The van der Waals surface area contributed by atoms with Crippen LogP contribution in [-0.4, -0.2) is 19.0 Å². The molecule has 1 heterocycles. The first kappa shape index (κ1) is 14.9. The molecule has 0 aliphatic carbocycles. The molecule has 1 amide bonds. The number of benzene rings is 1. The third-order valence-electron chi connectivity index (χ3n) is 3.59. The molecule has 1 fully saturated rings. The van der Waals surface area contributed by atoms with E-state index in [0.717, 1.165) is 5.56 Å². The molecular weight excluding hydrogens is 248 g/mol. The van der Waals surface area contributed by atoms with Crippen molar-refractivity contribution in [1.29, 1.82) is 0 Å². The van der Waals surface area contributed by atoms with Crippen molar-refractivity contribution in [3.8, 4) is 0 Å². The highest BCUT2D eigenvalue weighted by atomic mass is 16.1. The molecule has 0 aromatic heterocycles. The topological polar surface area (TPSA) is 32.3 Å². The van der Waals surface area contributed by atoms with Crippen molar-refractivity contribution < 1.29 is 4.79 Å². The van der Waals surface area contributed by atoms with Crippen LogP contribution in [-0.2, 0) is 11.3 Å². The second-order valence-electron chi connectivity index (χ2n) is 6.87. The average molecular weight is 274 g/mol. The van der Waals surface area contributed by atoms with Crippen LogP contribution in [0.5, 0.6) is 0 Å². The van der Waals surface area contributed by atoms with Gasteiger partial charge >= 0.3 is 0 Å². The zero-order valence-corrected chi connectivity index (χ0v) is 12.9. The van der Waals surface area contributed by atoms with Crippen molar-refractivity contribution in [3.05, 3.63) is 29.8 Å². The summed E-state index contributed by atoms with van der Waals surface area (Å²) in [4.78, 5) is 14.2. The minimum atomic E-state index is 0.0453. The number of rotatable bonds is 4. The average Bonchev–Trinajstić information content (AvgIpc) is 2.89. The molecule has 20 heavy (non-hydrogen) atoms. The normalized spacial score (nSPS) is 15.4. The van der Waals surface area contributed by atoms with Gasteiger partial charge in [-0.2, -0.15) is 0 Å². The van der Waals surface area contributed by atoms with E-state index in [1.54, 1.807) is 0 Å². The summed E-state index contributed by atoms with van der Waals surface area (Å²) in [5.41, 5.74) is 2.51. The highest BCUT2D eigenvalue weighted by Gasteiger charge is 2.15. The number of carbonyl (C=O) groups is 1. The molecule has 0 spiro atoms. The van der Waals surface area contributed by atoms with Crippen LogP contribution in [0, 0.1) is 5.41 Å². The summed E-state index contributed by atoms with van der Waals surface area (Å²) in [6.45, 7) is 9.20. The van der Waals surface area contributed by atoms with E-state index in [9.17, 15) is 4.79 Å². The van der Waals surface area contributed by atoms with E-state index in [4.69, 9.17) is 0 Å². The van der Waals surface area contributed by atoms with Gasteiger partial charge in [0.1, 0.15) is 0 Å². The van der Waals surface area contributed by atoms with Gasteiger partial charge in [-0.25, -0.2) is 0 Å². The summed E-state index contributed by atoms with van der Waals surface area (Å²) in [6.07, 6.45) is 3.16. The maximum absolute atomic E-state index is 11.8. The van der Waals surface area contributed by atoms with E-state index < -0.39 is 0 Å². The second kappa shape index (κ2) is 6.29. The van der Waals surface area contributed by atoms with Crippen molar-refractivity contribution in [2.24, 2.45) is 5.41 Å². The quantitative estimate of drug-likeness (QED) is 0.913. The fourth-order valence-electron chi connectivity index (χ4n) is 2.54. The molecule has 110 valence electrons. The van der Waals surface area contributed by atoms with E-state index in [1.807, 2.05) is 0 Å². The van der Waals surface area contributed by atoms with Crippen molar-refractivity contribution >= 4 is 11.6 Å². The number of hydrogen-bond donors (Lipinski definition) is 1. The minimum Gasteiger partial charge on any atom is -0.372 e.